The summed E-state index contributed by atoms with van der Waals surface area (Å²) < 4.78 is 15.4. The average molecular weight is 509 g/mol. The molecule has 0 aliphatic carbocycles. The fourth-order valence-corrected chi connectivity index (χ4v) is 5.68. The van der Waals surface area contributed by atoms with Crippen LogP contribution in [0.3, 0.4) is 0 Å². The van der Waals surface area contributed by atoms with E-state index in [1.54, 1.807) is 16.6 Å². The predicted octanol–water partition coefficient (Wildman–Crippen LogP) is 4.50. The van der Waals surface area contributed by atoms with Crippen LogP contribution in [0.15, 0.2) is 42.6 Å². The van der Waals surface area contributed by atoms with Gasteiger partial charge in [0.05, 0.1) is 12.2 Å². The number of anilines is 1. The Hall–Kier alpha value is -3.69. The molecule has 0 spiro atoms. The van der Waals surface area contributed by atoms with Crippen LogP contribution in [0.5, 0.6) is 0 Å². The minimum absolute atomic E-state index is 0.00944. The van der Waals surface area contributed by atoms with Crippen molar-refractivity contribution in [1.82, 2.24) is 24.8 Å². The lowest BCUT2D eigenvalue weighted by Gasteiger charge is -2.44. The van der Waals surface area contributed by atoms with Crippen LogP contribution in [0.25, 0.3) is 5.65 Å². The highest BCUT2D eigenvalue weighted by atomic mass is 19.1. The van der Waals surface area contributed by atoms with Gasteiger partial charge in [0, 0.05) is 25.2 Å². The third kappa shape index (κ3) is 4.97. The minimum Gasteiger partial charge on any atom is -0.465 e. The summed E-state index contributed by atoms with van der Waals surface area (Å²) in [4.78, 5) is 33.0. The molecule has 2 amide bonds. The van der Waals surface area contributed by atoms with Crippen LogP contribution >= 0.6 is 0 Å². The number of fused-ring (bicyclic) bond motifs is 1. The summed E-state index contributed by atoms with van der Waals surface area (Å²) in [5.41, 5.74) is 1.54. The molecule has 0 saturated carbocycles. The third-order valence-electron chi connectivity index (χ3n) is 7.54. The number of amides is 2. The van der Waals surface area contributed by atoms with Gasteiger partial charge in [-0.1, -0.05) is 32.9 Å². The lowest BCUT2D eigenvalue weighted by molar-refractivity contribution is 0.0469. The van der Waals surface area contributed by atoms with Crippen LogP contribution in [0, 0.1) is 11.2 Å². The highest BCUT2D eigenvalue weighted by Gasteiger charge is 2.39. The molecule has 37 heavy (non-hydrogen) atoms. The van der Waals surface area contributed by atoms with Crippen LogP contribution in [-0.2, 0) is 0 Å². The second-order valence-electron chi connectivity index (χ2n) is 11.1. The number of imidazole rings is 1. The van der Waals surface area contributed by atoms with Crippen molar-refractivity contribution in [2.75, 3.05) is 18.0 Å². The molecule has 9 nitrogen and oxygen atoms in total. The molecular weight excluding hydrogens is 475 g/mol. The Morgan fingerprint density at radius 1 is 1.14 bits per heavy atom. The Morgan fingerprint density at radius 3 is 2.68 bits per heavy atom. The van der Waals surface area contributed by atoms with Crippen LogP contribution in [0.2, 0.25) is 0 Å². The number of likely N-dealkylation sites (tertiary alicyclic amines) is 1. The second kappa shape index (κ2) is 9.64. The Morgan fingerprint density at radius 2 is 1.95 bits per heavy atom. The quantitative estimate of drug-likeness (QED) is 0.538. The van der Waals surface area contributed by atoms with E-state index in [4.69, 9.17) is 5.10 Å². The lowest BCUT2D eigenvalue weighted by Crippen LogP contribution is -2.56. The number of carbonyl (C=O) groups is 2. The molecule has 196 valence electrons. The predicted molar refractivity (Wildman–Crippen MR) is 137 cm³/mol. The van der Waals surface area contributed by atoms with E-state index in [-0.39, 0.29) is 35.3 Å². The van der Waals surface area contributed by atoms with Gasteiger partial charge in [-0.05, 0) is 60.9 Å². The van der Waals surface area contributed by atoms with Gasteiger partial charge in [0.15, 0.2) is 11.3 Å². The molecule has 2 aromatic heterocycles. The number of aromatic nitrogens is 3. The summed E-state index contributed by atoms with van der Waals surface area (Å²) in [6, 6.07) is 10.0. The Labute approximate surface area is 215 Å². The SMILES string of the molecule is CC(C)(C)C1CC(NC(=O)c2cnc3ccc(N4CCCC4c4cccc(F)c4)nn23)CCN1C(=O)O. The fourth-order valence-electron chi connectivity index (χ4n) is 5.68. The van der Waals surface area contributed by atoms with Crippen LogP contribution in [-0.4, -0.2) is 61.8 Å². The summed E-state index contributed by atoms with van der Waals surface area (Å²) in [5.74, 6) is 0.153. The number of piperidine rings is 1. The highest BCUT2D eigenvalue weighted by Crippen LogP contribution is 2.36. The van der Waals surface area contributed by atoms with Crippen molar-refractivity contribution in [3.05, 3.63) is 59.7 Å². The zero-order chi connectivity index (χ0) is 26.3. The topological polar surface area (TPSA) is 103 Å². The largest absolute Gasteiger partial charge is 0.465 e. The first-order valence-corrected chi connectivity index (χ1v) is 12.8. The van der Waals surface area contributed by atoms with Crippen molar-refractivity contribution in [2.24, 2.45) is 5.41 Å². The van der Waals surface area contributed by atoms with Crippen LogP contribution in [0.4, 0.5) is 15.0 Å². The number of carboxylic acid groups (broad SMARTS) is 1. The number of halogens is 1. The van der Waals surface area contributed by atoms with Crippen molar-refractivity contribution in [2.45, 2.75) is 64.6 Å². The van der Waals surface area contributed by atoms with Gasteiger partial charge in [-0.15, -0.1) is 5.10 Å². The normalized spacial score (nSPS) is 22.4. The van der Waals surface area contributed by atoms with Gasteiger partial charge >= 0.3 is 6.09 Å². The highest BCUT2D eigenvalue weighted by molar-refractivity contribution is 5.93. The Kier molecular flexibility index (Phi) is 6.51. The summed E-state index contributed by atoms with van der Waals surface area (Å²) in [5, 5.41) is 17.5. The van der Waals surface area contributed by atoms with Crippen molar-refractivity contribution in [3.8, 4) is 0 Å². The fraction of sp³-hybridized carbons (Fsp3) is 0.481. The smallest absolute Gasteiger partial charge is 0.407 e. The van der Waals surface area contributed by atoms with Gasteiger partial charge < -0.3 is 20.2 Å². The van der Waals surface area contributed by atoms with Gasteiger partial charge in [-0.25, -0.2) is 18.7 Å². The number of hydrogen-bond acceptors (Lipinski definition) is 5. The molecule has 0 bridgehead atoms. The van der Waals surface area contributed by atoms with E-state index in [1.165, 1.54) is 17.2 Å². The maximum atomic E-state index is 13.9. The Balaban J connectivity index is 1.36. The second-order valence-corrected chi connectivity index (χ2v) is 11.1. The first-order chi connectivity index (χ1) is 17.6. The summed E-state index contributed by atoms with van der Waals surface area (Å²) in [7, 11) is 0. The number of hydrogen-bond donors (Lipinski definition) is 2. The molecule has 3 aromatic rings. The molecule has 2 saturated heterocycles. The third-order valence-corrected chi connectivity index (χ3v) is 7.54. The van der Waals surface area contributed by atoms with Gasteiger partial charge in [0.1, 0.15) is 11.6 Å². The monoisotopic (exact) mass is 508 g/mol. The van der Waals surface area contributed by atoms with Gasteiger partial charge in [-0.3, -0.25) is 4.79 Å². The maximum absolute atomic E-state index is 13.9. The zero-order valence-corrected chi connectivity index (χ0v) is 21.4. The van der Waals surface area contributed by atoms with Crippen LogP contribution in [0.1, 0.15) is 68.5 Å². The van der Waals surface area contributed by atoms with Gasteiger partial charge in [0.2, 0.25) is 0 Å². The number of rotatable bonds is 4. The van der Waals surface area contributed by atoms with Gasteiger partial charge in [0.25, 0.3) is 5.91 Å². The van der Waals surface area contributed by atoms with E-state index >= 15 is 0 Å². The van der Waals surface area contributed by atoms with Crippen molar-refractivity contribution in [3.63, 3.8) is 0 Å². The summed E-state index contributed by atoms with van der Waals surface area (Å²) >= 11 is 0. The van der Waals surface area contributed by atoms with Gasteiger partial charge in [-0.2, -0.15) is 0 Å². The molecule has 2 N–H and O–H groups in total. The number of carbonyl (C=O) groups excluding carboxylic acids is 1. The van der Waals surface area contributed by atoms with E-state index < -0.39 is 6.09 Å². The molecular formula is C27H33FN6O3. The summed E-state index contributed by atoms with van der Waals surface area (Å²) in [6.07, 6.45) is 3.53. The van der Waals surface area contributed by atoms with E-state index in [9.17, 15) is 19.1 Å². The first-order valence-electron chi connectivity index (χ1n) is 12.8. The van der Waals surface area contributed by atoms with Crippen molar-refractivity contribution in [1.29, 1.82) is 0 Å². The zero-order valence-electron chi connectivity index (χ0n) is 21.4. The lowest BCUT2D eigenvalue weighted by atomic mass is 9.79. The molecule has 2 fully saturated rings. The molecule has 5 rings (SSSR count). The molecule has 2 aliphatic rings. The van der Waals surface area contributed by atoms with Crippen LogP contribution < -0.4 is 10.2 Å². The average Bonchev–Trinajstić information content (AvgIpc) is 3.50. The molecule has 2 aliphatic heterocycles. The van der Waals surface area contributed by atoms with E-state index in [0.717, 1.165) is 24.9 Å². The molecule has 10 heteroatoms. The van der Waals surface area contributed by atoms with Crippen molar-refractivity contribution >= 4 is 23.5 Å². The molecule has 3 atom stereocenters. The molecule has 3 unspecified atom stereocenters. The minimum atomic E-state index is -0.929. The maximum Gasteiger partial charge on any atom is 0.407 e. The number of nitrogens with one attached hydrogen (secondary N) is 1. The molecule has 0 radical (unpaired) electrons. The number of benzene rings is 1. The molecule has 1 aromatic carbocycles. The standard InChI is InChI=1S/C27H33FN6O3/c1-27(2,3)22-15-19(11-13-33(22)26(36)37)30-25(35)21-16-29-23-9-10-24(31-34(21)23)32-12-5-8-20(32)17-6-4-7-18(28)14-17/h4,6-7,9-10,14,16,19-20,22H,5,8,11-13,15H2,1-3H3,(H,30,35)(H,36,37). The van der Waals surface area contributed by atoms with E-state index in [2.05, 4.69) is 15.2 Å². The molecule has 4 heterocycles. The van der Waals surface area contributed by atoms with E-state index in [1.807, 2.05) is 39.0 Å². The first kappa shape index (κ1) is 25.0. The van der Waals surface area contributed by atoms with Crippen molar-refractivity contribution < 1.29 is 19.1 Å². The Bertz CT molecular complexity index is 1320. The summed E-state index contributed by atoms with van der Waals surface area (Å²) in [6.45, 7) is 7.20. The number of nitrogens with zero attached hydrogens (tertiary/aromatic N) is 5. The van der Waals surface area contributed by atoms with E-state index in [0.29, 0.717) is 36.5 Å².